The van der Waals surface area contributed by atoms with Crippen LogP contribution in [0.25, 0.3) is 10.8 Å². The standard InChI is InChI=1S/C27H26ClN3/c1-3-30(4-2)24-18-17-22(26(28)19-24)20-29-31(23-13-6-5-7-14-23)27-16-10-12-21-11-8-9-15-25(21)27/h5-20H,3-4H2,1-2H3. The molecule has 4 rings (SSSR count). The van der Waals surface area contributed by atoms with Crippen molar-refractivity contribution >= 4 is 45.7 Å². The maximum atomic E-state index is 6.62. The highest BCUT2D eigenvalue weighted by Gasteiger charge is 2.12. The summed E-state index contributed by atoms with van der Waals surface area (Å²) in [5, 5.41) is 9.86. The first-order valence-electron chi connectivity index (χ1n) is 10.6. The second-order valence-corrected chi connectivity index (χ2v) is 7.68. The van der Waals surface area contributed by atoms with Crippen LogP contribution < -0.4 is 9.91 Å². The molecule has 156 valence electrons. The average molecular weight is 428 g/mol. The molecule has 4 aromatic rings. The van der Waals surface area contributed by atoms with Gasteiger partial charge in [-0.25, -0.2) is 5.01 Å². The molecule has 3 nitrogen and oxygen atoms in total. The lowest BCUT2D eigenvalue weighted by molar-refractivity contribution is 0.866. The number of hydrogen-bond acceptors (Lipinski definition) is 3. The van der Waals surface area contributed by atoms with Crippen molar-refractivity contribution in [1.29, 1.82) is 0 Å². The van der Waals surface area contributed by atoms with Crippen molar-refractivity contribution in [3.63, 3.8) is 0 Å². The molecule has 0 spiro atoms. The first-order valence-corrected chi connectivity index (χ1v) is 11.0. The number of benzene rings is 4. The number of hydrazone groups is 1. The highest BCUT2D eigenvalue weighted by atomic mass is 35.5. The summed E-state index contributed by atoms with van der Waals surface area (Å²) in [6.07, 6.45) is 1.84. The van der Waals surface area contributed by atoms with Gasteiger partial charge in [-0.3, -0.25) is 0 Å². The van der Waals surface area contributed by atoms with Gasteiger partial charge < -0.3 is 4.90 Å². The van der Waals surface area contributed by atoms with Crippen molar-refractivity contribution in [2.24, 2.45) is 5.10 Å². The van der Waals surface area contributed by atoms with Crippen LogP contribution in [0.1, 0.15) is 19.4 Å². The summed E-state index contributed by atoms with van der Waals surface area (Å²) in [4.78, 5) is 2.28. The summed E-state index contributed by atoms with van der Waals surface area (Å²) < 4.78 is 0. The van der Waals surface area contributed by atoms with Crippen molar-refractivity contribution in [3.05, 3.63) is 102 Å². The Kier molecular flexibility index (Phi) is 6.54. The van der Waals surface area contributed by atoms with Crippen molar-refractivity contribution in [2.45, 2.75) is 13.8 Å². The predicted molar refractivity (Wildman–Crippen MR) is 135 cm³/mol. The van der Waals surface area contributed by atoms with Crippen LogP contribution in [-0.2, 0) is 0 Å². The number of para-hydroxylation sites is 1. The van der Waals surface area contributed by atoms with E-state index in [-0.39, 0.29) is 0 Å². The van der Waals surface area contributed by atoms with Gasteiger partial charge in [-0.1, -0.05) is 66.2 Å². The van der Waals surface area contributed by atoms with Crippen molar-refractivity contribution in [3.8, 4) is 0 Å². The van der Waals surface area contributed by atoms with Gasteiger partial charge in [0.05, 0.1) is 22.6 Å². The molecule has 31 heavy (non-hydrogen) atoms. The molecule has 4 aromatic carbocycles. The molecule has 4 heteroatoms. The Bertz CT molecular complexity index is 1180. The van der Waals surface area contributed by atoms with E-state index in [1.165, 1.54) is 5.39 Å². The normalized spacial score (nSPS) is 11.2. The number of nitrogens with zero attached hydrogens (tertiary/aromatic N) is 3. The van der Waals surface area contributed by atoms with Gasteiger partial charge in [0, 0.05) is 29.7 Å². The summed E-state index contributed by atoms with van der Waals surface area (Å²) >= 11 is 6.62. The molecule has 0 saturated carbocycles. The molecule has 0 heterocycles. The highest BCUT2D eigenvalue weighted by Crippen LogP contribution is 2.33. The topological polar surface area (TPSA) is 18.8 Å². The minimum absolute atomic E-state index is 0.694. The third-order valence-corrected chi connectivity index (χ3v) is 5.75. The van der Waals surface area contributed by atoms with Gasteiger partial charge in [-0.15, -0.1) is 0 Å². The fourth-order valence-corrected chi connectivity index (χ4v) is 3.98. The van der Waals surface area contributed by atoms with Gasteiger partial charge in [0.2, 0.25) is 0 Å². The second kappa shape index (κ2) is 9.67. The molecule has 0 bridgehead atoms. The number of rotatable bonds is 7. The van der Waals surface area contributed by atoms with E-state index in [2.05, 4.69) is 79.4 Å². The zero-order valence-electron chi connectivity index (χ0n) is 17.9. The fourth-order valence-electron chi connectivity index (χ4n) is 3.76. The van der Waals surface area contributed by atoms with Crippen molar-refractivity contribution in [2.75, 3.05) is 23.0 Å². The lowest BCUT2D eigenvalue weighted by Gasteiger charge is -2.22. The molecule has 0 unspecified atom stereocenters. The summed E-state index contributed by atoms with van der Waals surface area (Å²) in [6.45, 7) is 6.19. The van der Waals surface area contributed by atoms with Gasteiger partial charge in [0.15, 0.2) is 0 Å². The van der Waals surface area contributed by atoms with Crippen LogP contribution in [-0.4, -0.2) is 19.3 Å². The lowest BCUT2D eigenvalue weighted by atomic mass is 10.1. The predicted octanol–water partition coefficient (Wildman–Crippen LogP) is 7.51. The van der Waals surface area contributed by atoms with Crippen molar-refractivity contribution < 1.29 is 0 Å². The third-order valence-electron chi connectivity index (χ3n) is 5.42. The highest BCUT2D eigenvalue weighted by molar-refractivity contribution is 6.33. The molecule has 0 aliphatic heterocycles. The first kappa shape index (κ1) is 21.0. The molecule has 0 radical (unpaired) electrons. The lowest BCUT2D eigenvalue weighted by Crippen LogP contribution is -2.21. The van der Waals surface area contributed by atoms with E-state index in [1.54, 1.807) is 0 Å². The smallest absolute Gasteiger partial charge is 0.0730 e. The number of halogens is 1. The molecule has 0 atom stereocenters. The number of anilines is 3. The Morgan fingerprint density at radius 2 is 1.48 bits per heavy atom. The molecule has 0 saturated heterocycles. The van der Waals surface area contributed by atoms with Crippen LogP contribution >= 0.6 is 11.6 Å². The van der Waals surface area contributed by atoms with Crippen LogP contribution in [0.2, 0.25) is 5.02 Å². The zero-order valence-corrected chi connectivity index (χ0v) is 18.6. The number of fused-ring (bicyclic) bond motifs is 1. The second-order valence-electron chi connectivity index (χ2n) is 7.27. The molecule has 0 aliphatic rings. The minimum Gasteiger partial charge on any atom is -0.372 e. The SMILES string of the molecule is CCN(CC)c1ccc(C=NN(c2ccccc2)c2cccc3ccccc23)c(Cl)c1. The van der Waals surface area contributed by atoms with E-state index in [0.29, 0.717) is 5.02 Å². The van der Waals surface area contributed by atoms with E-state index in [9.17, 15) is 0 Å². The largest absolute Gasteiger partial charge is 0.372 e. The molecular weight excluding hydrogens is 402 g/mol. The van der Waals surface area contributed by atoms with Crippen LogP contribution in [0.3, 0.4) is 0 Å². The van der Waals surface area contributed by atoms with Crippen LogP contribution in [0, 0.1) is 0 Å². The quantitative estimate of drug-likeness (QED) is 0.224. The van der Waals surface area contributed by atoms with Gasteiger partial charge in [-0.05, 0) is 55.6 Å². The zero-order chi connectivity index (χ0) is 21.6. The molecule has 0 aliphatic carbocycles. The van der Waals surface area contributed by atoms with Gasteiger partial charge in [0.1, 0.15) is 0 Å². The minimum atomic E-state index is 0.694. The monoisotopic (exact) mass is 427 g/mol. The molecule has 0 N–H and O–H groups in total. The Hall–Kier alpha value is -3.30. The molecule has 0 amide bonds. The van der Waals surface area contributed by atoms with Gasteiger partial charge >= 0.3 is 0 Å². The number of hydrogen-bond donors (Lipinski definition) is 0. The van der Waals surface area contributed by atoms with Crippen LogP contribution in [0.4, 0.5) is 17.1 Å². The van der Waals surface area contributed by atoms with E-state index in [4.69, 9.17) is 16.7 Å². The van der Waals surface area contributed by atoms with Crippen molar-refractivity contribution in [1.82, 2.24) is 0 Å². The van der Waals surface area contributed by atoms with Crippen LogP contribution in [0.15, 0.2) is 96.1 Å². The summed E-state index contributed by atoms with van der Waals surface area (Å²) in [5.74, 6) is 0. The van der Waals surface area contributed by atoms with Gasteiger partial charge in [0.25, 0.3) is 0 Å². The average Bonchev–Trinajstić information content (AvgIpc) is 2.82. The van der Waals surface area contributed by atoms with E-state index >= 15 is 0 Å². The maximum absolute atomic E-state index is 6.62. The summed E-state index contributed by atoms with van der Waals surface area (Å²) in [5.41, 5.74) is 4.03. The van der Waals surface area contributed by atoms with E-state index < -0.39 is 0 Å². The Balaban J connectivity index is 1.75. The Labute approximate surface area is 189 Å². The molecular formula is C27H26ClN3. The van der Waals surface area contributed by atoms with Crippen LogP contribution in [0.5, 0.6) is 0 Å². The van der Waals surface area contributed by atoms with E-state index in [1.807, 2.05) is 41.6 Å². The fraction of sp³-hybridized carbons (Fsp3) is 0.148. The van der Waals surface area contributed by atoms with E-state index in [0.717, 1.165) is 41.1 Å². The summed E-state index contributed by atoms with van der Waals surface area (Å²) in [6, 6.07) is 31.0. The first-order chi connectivity index (χ1) is 15.2. The molecule has 0 fully saturated rings. The summed E-state index contributed by atoms with van der Waals surface area (Å²) in [7, 11) is 0. The maximum Gasteiger partial charge on any atom is 0.0730 e. The Morgan fingerprint density at radius 3 is 2.23 bits per heavy atom. The third kappa shape index (κ3) is 4.57. The molecule has 0 aromatic heterocycles. The Morgan fingerprint density at radius 1 is 0.774 bits per heavy atom. The van der Waals surface area contributed by atoms with Gasteiger partial charge in [-0.2, -0.15) is 5.10 Å².